The zero-order chi connectivity index (χ0) is 17.8. The fourth-order valence-corrected chi connectivity index (χ4v) is 2.99. The highest BCUT2D eigenvalue weighted by Gasteiger charge is 2.30. The monoisotopic (exact) mass is 342 g/mol. The number of carbonyl (C=O) groups excluding carboxylic acids is 2. The molecule has 1 fully saturated rings. The molecule has 0 aliphatic carbocycles. The predicted molar refractivity (Wildman–Crippen MR) is 93.3 cm³/mol. The van der Waals surface area contributed by atoms with Gasteiger partial charge in [-0.15, -0.1) is 0 Å². The number of methoxy groups -OCH3 is 1. The topological polar surface area (TPSA) is 67.7 Å². The maximum atomic E-state index is 12.6. The molecule has 1 aliphatic rings. The van der Waals surface area contributed by atoms with E-state index in [9.17, 15) is 9.59 Å². The van der Waals surface area contributed by atoms with Crippen molar-refractivity contribution < 1.29 is 14.3 Å². The molecule has 0 bridgehead atoms. The van der Waals surface area contributed by atoms with Crippen LogP contribution in [0.3, 0.4) is 0 Å². The largest absolute Gasteiger partial charge is 0.497 e. The van der Waals surface area contributed by atoms with E-state index in [4.69, 9.17) is 4.74 Å². The van der Waals surface area contributed by atoms with Crippen molar-refractivity contribution in [1.29, 1.82) is 0 Å². The fraction of sp³-hybridized carbons (Fsp3) is 0.389. The van der Waals surface area contributed by atoms with Crippen molar-refractivity contribution in [3.05, 3.63) is 42.7 Å². The van der Waals surface area contributed by atoms with Crippen molar-refractivity contribution in [3.63, 3.8) is 0 Å². The molecule has 1 atom stereocenters. The normalized spacial score (nSPS) is 16.0. The summed E-state index contributed by atoms with van der Waals surface area (Å²) in [5.41, 5.74) is 0.793. The van der Waals surface area contributed by atoms with Gasteiger partial charge in [-0.05, 0) is 18.2 Å². The Morgan fingerprint density at radius 1 is 1.32 bits per heavy atom. The zero-order valence-corrected chi connectivity index (χ0v) is 14.5. The van der Waals surface area contributed by atoms with Crippen LogP contribution in [0, 0.1) is 5.92 Å². The smallest absolute Gasteiger partial charge is 0.246 e. The van der Waals surface area contributed by atoms with Crippen LogP contribution in [-0.4, -0.2) is 53.2 Å². The lowest BCUT2D eigenvalue weighted by molar-refractivity contribution is -0.140. The van der Waals surface area contributed by atoms with E-state index in [1.165, 1.54) is 0 Å². The first-order chi connectivity index (χ1) is 12.1. The molecule has 132 valence electrons. The van der Waals surface area contributed by atoms with Crippen LogP contribution in [0.15, 0.2) is 42.7 Å². The third-order valence-corrected chi connectivity index (χ3v) is 4.34. The molecule has 2 aromatic rings. The van der Waals surface area contributed by atoms with E-state index in [1.54, 1.807) is 27.8 Å². The zero-order valence-electron chi connectivity index (χ0n) is 14.5. The molecular weight excluding hydrogens is 320 g/mol. The van der Waals surface area contributed by atoms with Gasteiger partial charge in [0, 0.05) is 37.2 Å². The van der Waals surface area contributed by atoms with Crippen LogP contribution in [0.5, 0.6) is 5.75 Å². The van der Waals surface area contributed by atoms with Crippen LogP contribution < -0.4 is 9.64 Å². The minimum absolute atomic E-state index is 0.0193. The predicted octanol–water partition coefficient (Wildman–Crippen LogP) is 1.40. The van der Waals surface area contributed by atoms with E-state index in [-0.39, 0.29) is 24.3 Å². The van der Waals surface area contributed by atoms with Crippen LogP contribution >= 0.6 is 0 Å². The van der Waals surface area contributed by atoms with Gasteiger partial charge in [0.1, 0.15) is 12.3 Å². The van der Waals surface area contributed by atoms with Crippen molar-refractivity contribution in [1.82, 2.24) is 14.7 Å². The van der Waals surface area contributed by atoms with E-state index in [1.807, 2.05) is 43.5 Å². The Bertz CT molecular complexity index is 745. The number of benzene rings is 1. The molecule has 3 rings (SSSR count). The van der Waals surface area contributed by atoms with Crippen molar-refractivity contribution in [2.24, 2.45) is 5.92 Å². The van der Waals surface area contributed by atoms with Gasteiger partial charge in [-0.2, -0.15) is 5.10 Å². The lowest BCUT2D eigenvalue weighted by Crippen LogP contribution is -2.53. The van der Waals surface area contributed by atoms with Crippen molar-refractivity contribution in [3.8, 4) is 5.75 Å². The number of ether oxygens (including phenoxy) is 1. The van der Waals surface area contributed by atoms with E-state index >= 15 is 0 Å². The Labute approximate surface area is 146 Å². The lowest BCUT2D eigenvalue weighted by Gasteiger charge is -2.35. The summed E-state index contributed by atoms with van der Waals surface area (Å²) < 4.78 is 6.94. The van der Waals surface area contributed by atoms with Crippen LogP contribution in [0.4, 0.5) is 5.69 Å². The number of nitrogens with zero attached hydrogens (tertiary/aromatic N) is 4. The van der Waals surface area contributed by atoms with Gasteiger partial charge >= 0.3 is 0 Å². The number of anilines is 1. The standard InChI is InChI=1S/C18H22N4O3/c1-14(12-21-8-4-7-19-21)18(24)20-9-10-22(17(23)13-20)15-5-3-6-16(11-15)25-2/h3-8,11,14H,9-10,12-13H2,1-2H3/t14-/m0/s1. The molecule has 0 unspecified atom stereocenters. The Morgan fingerprint density at radius 3 is 2.84 bits per heavy atom. The van der Waals surface area contributed by atoms with Crippen molar-refractivity contribution in [2.75, 3.05) is 31.6 Å². The molecule has 2 amide bonds. The first-order valence-corrected chi connectivity index (χ1v) is 8.29. The summed E-state index contributed by atoms with van der Waals surface area (Å²) in [6.07, 6.45) is 3.52. The number of carbonyl (C=O) groups is 2. The molecule has 7 nitrogen and oxygen atoms in total. The molecule has 1 aliphatic heterocycles. The number of piperazine rings is 1. The first kappa shape index (κ1) is 17.0. The highest BCUT2D eigenvalue weighted by Crippen LogP contribution is 2.23. The van der Waals surface area contributed by atoms with Crippen LogP contribution in [0.2, 0.25) is 0 Å². The molecule has 0 N–H and O–H groups in total. The minimum atomic E-state index is -0.226. The average molecular weight is 342 g/mol. The van der Waals surface area contributed by atoms with Gasteiger partial charge in [0.2, 0.25) is 11.8 Å². The van der Waals surface area contributed by atoms with Gasteiger partial charge in [0.25, 0.3) is 0 Å². The van der Waals surface area contributed by atoms with Crippen LogP contribution in [0.1, 0.15) is 6.92 Å². The molecule has 1 aromatic carbocycles. The summed E-state index contributed by atoms with van der Waals surface area (Å²) in [6.45, 7) is 3.47. The summed E-state index contributed by atoms with van der Waals surface area (Å²) in [4.78, 5) is 28.5. The quantitative estimate of drug-likeness (QED) is 0.824. The Kier molecular flexibility index (Phi) is 5.02. The van der Waals surface area contributed by atoms with Gasteiger partial charge in [0.15, 0.2) is 0 Å². The van der Waals surface area contributed by atoms with Gasteiger partial charge in [-0.3, -0.25) is 14.3 Å². The molecule has 0 radical (unpaired) electrons. The number of hydrogen-bond acceptors (Lipinski definition) is 4. The summed E-state index contributed by atoms with van der Waals surface area (Å²) in [5, 5.41) is 4.13. The van der Waals surface area contributed by atoms with E-state index in [2.05, 4.69) is 5.10 Å². The number of hydrogen-bond donors (Lipinski definition) is 0. The minimum Gasteiger partial charge on any atom is -0.497 e. The molecular formula is C18H22N4O3. The fourth-order valence-electron chi connectivity index (χ4n) is 2.99. The summed E-state index contributed by atoms with van der Waals surface area (Å²) in [6, 6.07) is 9.22. The SMILES string of the molecule is COc1cccc(N2CCN(C(=O)[C@@H](C)Cn3cccn3)CC2=O)c1. The van der Waals surface area contributed by atoms with Crippen LogP contribution in [0.25, 0.3) is 0 Å². The third-order valence-electron chi connectivity index (χ3n) is 4.34. The maximum Gasteiger partial charge on any atom is 0.246 e. The molecule has 1 saturated heterocycles. The molecule has 2 heterocycles. The molecule has 0 spiro atoms. The third kappa shape index (κ3) is 3.81. The molecule has 7 heteroatoms. The Morgan fingerprint density at radius 2 is 2.16 bits per heavy atom. The second kappa shape index (κ2) is 7.38. The van der Waals surface area contributed by atoms with E-state index in [0.717, 1.165) is 5.69 Å². The maximum absolute atomic E-state index is 12.6. The number of amides is 2. The van der Waals surface area contributed by atoms with E-state index < -0.39 is 0 Å². The van der Waals surface area contributed by atoms with Crippen LogP contribution in [-0.2, 0) is 16.1 Å². The van der Waals surface area contributed by atoms with Gasteiger partial charge < -0.3 is 14.5 Å². The molecule has 25 heavy (non-hydrogen) atoms. The molecule has 1 aromatic heterocycles. The summed E-state index contributed by atoms with van der Waals surface area (Å²) in [7, 11) is 1.60. The second-order valence-electron chi connectivity index (χ2n) is 6.14. The van der Waals surface area contributed by atoms with Gasteiger partial charge in [-0.1, -0.05) is 13.0 Å². The van der Waals surface area contributed by atoms with Gasteiger partial charge in [-0.25, -0.2) is 0 Å². The second-order valence-corrected chi connectivity index (χ2v) is 6.14. The highest BCUT2D eigenvalue weighted by atomic mass is 16.5. The number of rotatable bonds is 5. The number of aromatic nitrogens is 2. The average Bonchev–Trinajstić information content (AvgIpc) is 3.14. The first-order valence-electron chi connectivity index (χ1n) is 8.29. The summed E-state index contributed by atoms with van der Waals surface area (Å²) >= 11 is 0. The molecule has 0 saturated carbocycles. The Balaban J connectivity index is 1.62. The lowest BCUT2D eigenvalue weighted by atomic mass is 10.1. The van der Waals surface area contributed by atoms with Crippen molar-refractivity contribution in [2.45, 2.75) is 13.5 Å². The van der Waals surface area contributed by atoms with Crippen molar-refractivity contribution >= 4 is 17.5 Å². The highest BCUT2D eigenvalue weighted by molar-refractivity contribution is 5.98. The summed E-state index contributed by atoms with van der Waals surface area (Å²) in [5.74, 6) is 0.376. The van der Waals surface area contributed by atoms with Gasteiger partial charge in [0.05, 0.1) is 19.6 Å². The van der Waals surface area contributed by atoms with E-state index in [0.29, 0.717) is 25.4 Å². The Hall–Kier alpha value is -2.83.